The second-order valence-electron chi connectivity index (χ2n) is 4.97. The van der Waals surface area contributed by atoms with E-state index < -0.39 is 0 Å². The number of aryl methyl sites for hydroxylation is 1. The van der Waals surface area contributed by atoms with Crippen molar-refractivity contribution < 1.29 is 9.47 Å². The summed E-state index contributed by atoms with van der Waals surface area (Å²) in [7, 11) is 0. The van der Waals surface area contributed by atoms with Gasteiger partial charge in [0.2, 0.25) is 4.77 Å². The average molecular weight is 413 g/mol. The summed E-state index contributed by atoms with van der Waals surface area (Å²) in [6, 6.07) is 3.84. The van der Waals surface area contributed by atoms with E-state index in [0.29, 0.717) is 29.5 Å². The van der Waals surface area contributed by atoms with E-state index in [1.54, 1.807) is 10.9 Å². The molecule has 2 aromatic rings. The predicted octanol–water partition coefficient (Wildman–Crippen LogP) is 4.34. The number of halogens is 1. The first-order valence-electron chi connectivity index (χ1n) is 7.90. The minimum absolute atomic E-state index is 0.468. The van der Waals surface area contributed by atoms with E-state index in [1.165, 1.54) is 0 Å². The second-order valence-corrected chi connectivity index (χ2v) is 6.21. The SMILES string of the molecule is CCCOc1c(Br)cc(/C=N\n2c(CC)n[nH]c2=S)cc1OCC. The molecule has 2 rings (SSSR count). The summed E-state index contributed by atoms with van der Waals surface area (Å²) in [6.45, 7) is 7.20. The lowest BCUT2D eigenvalue weighted by molar-refractivity contribution is 0.275. The van der Waals surface area contributed by atoms with Crippen LogP contribution in [0.15, 0.2) is 21.7 Å². The van der Waals surface area contributed by atoms with Gasteiger partial charge in [-0.2, -0.15) is 14.9 Å². The van der Waals surface area contributed by atoms with E-state index in [1.807, 2.05) is 26.0 Å². The zero-order valence-electron chi connectivity index (χ0n) is 14.0. The van der Waals surface area contributed by atoms with E-state index in [4.69, 9.17) is 21.7 Å². The van der Waals surface area contributed by atoms with Crippen LogP contribution < -0.4 is 9.47 Å². The third-order valence-corrected chi connectivity index (χ3v) is 3.99. The maximum absolute atomic E-state index is 5.78. The van der Waals surface area contributed by atoms with E-state index in [9.17, 15) is 0 Å². The molecule has 8 heteroatoms. The van der Waals surface area contributed by atoms with Crippen molar-refractivity contribution in [3.8, 4) is 11.5 Å². The molecule has 130 valence electrons. The lowest BCUT2D eigenvalue weighted by Gasteiger charge is -2.14. The number of nitrogens with one attached hydrogen (secondary N) is 1. The molecule has 1 aromatic heterocycles. The molecule has 0 amide bonds. The molecule has 0 aliphatic rings. The third kappa shape index (κ3) is 4.45. The first-order chi connectivity index (χ1) is 11.6. The fourth-order valence-electron chi connectivity index (χ4n) is 2.07. The van der Waals surface area contributed by atoms with Crippen molar-refractivity contribution in [3.05, 3.63) is 32.8 Å². The maximum Gasteiger partial charge on any atom is 0.216 e. The summed E-state index contributed by atoms with van der Waals surface area (Å²) in [5, 5.41) is 11.3. The van der Waals surface area contributed by atoms with Gasteiger partial charge in [-0.05, 0) is 59.2 Å². The zero-order valence-corrected chi connectivity index (χ0v) is 16.4. The van der Waals surface area contributed by atoms with Gasteiger partial charge in [-0.15, -0.1) is 0 Å². The number of hydrogen-bond donors (Lipinski definition) is 1. The zero-order chi connectivity index (χ0) is 17.5. The Labute approximate surface area is 155 Å². The van der Waals surface area contributed by atoms with Gasteiger partial charge in [0.1, 0.15) is 0 Å². The highest BCUT2D eigenvalue weighted by molar-refractivity contribution is 9.10. The molecule has 0 saturated heterocycles. The summed E-state index contributed by atoms with van der Waals surface area (Å²) in [5.41, 5.74) is 0.874. The van der Waals surface area contributed by atoms with Crippen molar-refractivity contribution in [1.29, 1.82) is 0 Å². The van der Waals surface area contributed by atoms with Gasteiger partial charge in [0.15, 0.2) is 17.3 Å². The van der Waals surface area contributed by atoms with Crippen LogP contribution in [0.4, 0.5) is 0 Å². The molecule has 0 fully saturated rings. The molecule has 0 atom stereocenters. The average Bonchev–Trinajstić information content (AvgIpc) is 2.92. The Morgan fingerprint density at radius 3 is 2.79 bits per heavy atom. The van der Waals surface area contributed by atoms with Gasteiger partial charge in [-0.1, -0.05) is 13.8 Å². The minimum Gasteiger partial charge on any atom is -0.490 e. The largest absolute Gasteiger partial charge is 0.490 e. The Balaban J connectivity index is 2.35. The topological polar surface area (TPSA) is 64.4 Å². The molecular formula is C16H21BrN4O2S. The smallest absolute Gasteiger partial charge is 0.216 e. The Morgan fingerprint density at radius 2 is 2.12 bits per heavy atom. The van der Waals surface area contributed by atoms with E-state index in [2.05, 4.69) is 38.2 Å². The number of ether oxygens (including phenoxy) is 2. The maximum atomic E-state index is 5.78. The van der Waals surface area contributed by atoms with Gasteiger partial charge in [-0.25, -0.2) is 0 Å². The quantitative estimate of drug-likeness (QED) is 0.517. The Hall–Kier alpha value is -1.67. The molecule has 6 nitrogen and oxygen atoms in total. The highest BCUT2D eigenvalue weighted by atomic mass is 79.9. The predicted molar refractivity (Wildman–Crippen MR) is 101 cm³/mol. The molecule has 0 spiro atoms. The molecule has 24 heavy (non-hydrogen) atoms. The van der Waals surface area contributed by atoms with Crippen LogP contribution in [0, 0.1) is 4.77 Å². The summed E-state index contributed by atoms with van der Waals surface area (Å²) < 4.78 is 14.4. The number of aromatic amines is 1. The summed E-state index contributed by atoms with van der Waals surface area (Å²) in [4.78, 5) is 0. The van der Waals surface area contributed by atoms with Crippen LogP contribution >= 0.6 is 28.1 Å². The van der Waals surface area contributed by atoms with Crippen LogP contribution in [0.5, 0.6) is 11.5 Å². The number of rotatable bonds is 8. The lowest BCUT2D eigenvalue weighted by Crippen LogP contribution is -2.02. The molecule has 0 bridgehead atoms. The first kappa shape index (κ1) is 18.7. The fraction of sp³-hybridized carbons (Fsp3) is 0.438. The van der Waals surface area contributed by atoms with Gasteiger partial charge in [0.05, 0.1) is 23.9 Å². The fourth-order valence-corrected chi connectivity index (χ4v) is 2.84. The summed E-state index contributed by atoms with van der Waals surface area (Å²) >= 11 is 8.74. The molecule has 0 aliphatic carbocycles. The van der Waals surface area contributed by atoms with Gasteiger partial charge in [0.25, 0.3) is 0 Å². The molecule has 1 N–H and O–H groups in total. The van der Waals surface area contributed by atoms with E-state index in [-0.39, 0.29) is 0 Å². The molecule has 0 unspecified atom stereocenters. The van der Waals surface area contributed by atoms with Gasteiger partial charge >= 0.3 is 0 Å². The van der Waals surface area contributed by atoms with Crippen molar-refractivity contribution in [2.24, 2.45) is 5.10 Å². The number of benzene rings is 1. The van der Waals surface area contributed by atoms with Crippen LogP contribution in [0.2, 0.25) is 0 Å². The van der Waals surface area contributed by atoms with Crippen molar-refractivity contribution in [3.63, 3.8) is 0 Å². The third-order valence-electron chi connectivity index (χ3n) is 3.14. The Bertz CT molecular complexity index is 770. The molecule has 1 aromatic carbocycles. The van der Waals surface area contributed by atoms with Crippen LogP contribution in [-0.4, -0.2) is 34.3 Å². The highest BCUT2D eigenvalue weighted by Crippen LogP contribution is 2.36. The standard InChI is InChI=1S/C16H21BrN4O2S/c1-4-7-23-15-12(17)8-11(9-13(15)22-6-3)10-18-21-14(5-2)19-20-16(21)24/h8-10H,4-7H2,1-3H3,(H,20,24)/b18-10-. The van der Waals surface area contributed by atoms with E-state index in [0.717, 1.165) is 28.7 Å². The number of aromatic nitrogens is 3. The van der Waals surface area contributed by atoms with Crippen molar-refractivity contribution >= 4 is 34.4 Å². The number of H-pyrrole nitrogens is 1. The molecule has 1 heterocycles. The van der Waals surface area contributed by atoms with Crippen LogP contribution in [0.1, 0.15) is 38.6 Å². The normalized spacial score (nSPS) is 11.2. The number of nitrogens with zero attached hydrogens (tertiary/aromatic N) is 3. The summed E-state index contributed by atoms with van der Waals surface area (Å²) in [6.07, 6.45) is 3.39. The van der Waals surface area contributed by atoms with Gasteiger partial charge < -0.3 is 9.47 Å². The highest BCUT2D eigenvalue weighted by Gasteiger charge is 2.12. The van der Waals surface area contributed by atoms with Crippen molar-refractivity contribution in [1.82, 2.24) is 14.9 Å². The van der Waals surface area contributed by atoms with E-state index >= 15 is 0 Å². The van der Waals surface area contributed by atoms with Crippen molar-refractivity contribution in [2.75, 3.05) is 13.2 Å². The van der Waals surface area contributed by atoms with Crippen LogP contribution in [-0.2, 0) is 6.42 Å². The Kier molecular flexibility index (Phi) is 6.99. The summed E-state index contributed by atoms with van der Waals surface area (Å²) in [5.74, 6) is 2.18. The first-order valence-corrected chi connectivity index (χ1v) is 9.10. The van der Waals surface area contributed by atoms with Gasteiger partial charge in [0, 0.05) is 6.42 Å². The Morgan fingerprint density at radius 1 is 1.33 bits per heavy atom. The minimum atomic E-state index is 0.468. The van der Waals surface area contributed by atoms with Crippen molar-refractivity contribution in [2.45, 2.75) is 33.6 Å². The molecule has 0 saturated carbocycles. The van der Waals surface area contributed by atoms with Crippen LogP contribution in [0.3, 0.4) is 0 Å². The molecule has 0 radical (unpaired) electrons. The lowest BCUT2D eigenvalue weighted by atomic mass is 10.2. The van der Waals surface area contributed by atoms with Crippen LogP contribution in [0.25, 0.3) is 0 Å². The van der Waals surface area contributed by atoms with Gasteiger partial charge in [-0.3, -0.25) is 5.10 Å². The molecule has 0 aliphatic heterocycles. The molecular weight excluding hydrogens is 392 g/mol. The number of hydrogen-bond acceptors (Lipinski definition) is 5. The monoisotopic (exact) mass is 412 g/mol. The second kappa shape index (κ2) is 8.98.